The minimum atomic E-state index is -3.15. The maximum Gasteiger partial charge on any atom is 0.211 e. The van der Waals surface area contributed by atoms with E-state index in [4.69, 9.17) is 0 Å². The van der Waals surface area contributed by atoms with Crippen molar-refractivity contribution in [1.82, 2.24) is 13.7 Å². The van der Waals surface area contributed by atoms with E-state index in [-0.39, 0.29) is 6.04 Å². The molecule has 0 N–H and O–H groups in total. The van der Waals surface area contributed by atoms with Gasteiger partial charge in [-0.15, -0.1) is 0 Å². The first-order valence-electron chi connectivity index (χ1n) is 5.96. The molecule has 0 spiro atoms. The summed E-state index contributed by atoms with van der Waals surface area (Å²) in [5.74, 6) is 0. The monoisotopic (exact) mass is 265 g/mol. The van der Waals surface area contributed by atoms with Crippen molar-refractivity contribution in [2.24, 2.45) is 0 Å². The fourth-order valence-electron chi connectivity index (χ4n) is 2.67. The van der Waals surface area contributed by atoms with Crippen LogP contribution in [0.2, 0.25) is 0 Å². The van der Waals surface area contributed by atoms with E-state index in [1.165, 1.54) is 6.26 Å². The van der Waals surface area contributed by atoms with Gasteiger partial charge in [0.2, 0.25) is 10.0 Å². The van der Waals surface area contributed by atoms with E-state index in [1.54, 1.807) is 10.5 Å². The summed E-state index contributed by atoms with van der Waals surface area (Å²) >= 11 is 0. The smallest absolute Gasteiger partial charge is 0.211 e. The predicted octanol–water partition coefficient (Wildman–Crippen LogP) is 1.43. The van der Waals surface area contributed by atoms with E-state index in [1.807, 2.05) is 28.8 Å². The number of hydrogen-bond donors (Lipinski definition) is 0. The fraction of sp³-hybridized carbons (Fsp3) is 0.417. The largest absolute Gasteiger partial charge is 0.302 e. The van der Waals surface area contributed by atoms with Gasteiger partial charge in [0.1, 0.15) is 5.65 Å². The van der Waals surface area contributed by atoms with Crippen LogP contribution >= 0.6 is 0 Å². The molecule has 0 aliphatic carbocycles. The Hall–Kier alpha value is -1.40. The van der Waals surface area contributed by atoms with Gasteiger partial charge in [-0.2, -0.15) is 4.31 Å². The van der Waals surface area contributed by atoms with Crippen molar-refractivity contribution in [2.45, 2.75) is 18.9 Å². The van der Waals surface area contributed by atoms with Crippen LogP contribution in [0.3, 0.4) is 0 Å². The summed E-state index contributed by atoms with van der Waals surface area (Å²) < 4.78 is 27.1. The van der Waals surface area contributed by atoms with Crippen LogP contribution in [-0.2, 0) is 10.0 Å². The Morgan fingerprint density at radius 3 is 3.00 bits per heavy atom. The second-order valence-electron chi connectivity index (χ2n) is 4.64. The van der Waals surface area contributed by atoms with Crippen molar-refractivity contribution in [1.29, 1.82) is 0 Å². The van der Waals surface area contributed by atoms with Crippen molar-refractivity contribution in [2.75, 3.05) is 12.8 Å². The number of hydrogen-bond acceptors (Lipinski definition) is 3. The van der Waals surface area contributed by atoms with Gasteiger partial charge >= 0.3 is 0 Å². The normalized spacial score (nSPS) is 21.7. The molecule has 18 heavy (non-hydrogen) atoms. The maximum atomic E-state index is 11.8. The summed E-state index contributed by atoms with van der Waals surface area (Å²) in [6.45, 7) is 0.606. The molecule has 0 aromatic carbocycles. The number of fused-ring (bicyclic) bond motifs is 1. The Bertz CT molecular complexity index is 677. The molecule has 0 unspecified atom stereocenters. The third-order valence-electron chi connectivity index (χ3n) is 3.43. The first-order chi connectivity index (χ1) is 8.57. The summed E-state index contributed by atoms with van der Waals surface area (Å²) in [5.41, 5.74) is 1.85. The lowest BCUT2D eigenvalue weighted by molar-refractivity contribution is 0.392. The highest BCUT2D eigenvalue weighted by molar-refractivity contribution is 7.88. The number of sulfonamides is 1. The summed E-state index contributed by atoms with van der Waals surface area (Å²) in [7, 11) is -3.15. The highest BCUT2D eigenvalue weighted by Crippen LogP contribution is 2.33. The quantitative estimate of drug-likeness (QED) is 0.825. The number of rotatable bonds is 2. The van der Waals surface area contributed by atoms with Crippen LogP contribution in [0.5, 0.6) is 0 Å². The zero-order chi connectivity index (χ0) is 12.8. The highest BCUT2D eigenvalue weighted by atomic mass is 32.2. The molecule has 2 aromatic rings. The molecule has 6 heteroatoms. The van der Waals surface area contributed by atoms with Gasteiger partial charge in [-0.3, -0.25) is 0 Å². The summed E-state index contributed by atoms with van der Waals surface area (Å²) in [6, 6.07) is 5.75. The number of imidazole rings is 1. The third kappa shape index (κ3) is 1.81. The summed E-state index contributed by atoms with van der Waals surface area (Å²) in [6.07, 6.45) is 6.66. The first-order valence-corrected chi connectivity index (χ1v) is 7.81. The van der Waals surface area contributed by atoms with Crippen LogP contribution in [0.4, 0.5) is 0 Å². The van der Waals surface area contributed by atoms with Crippen LogP contribution in [0.15, 0.2) is 30.6 Å². The van der Waals surface area contributed by atoms with Crippen molar-refractivity contribution >= 4 is 15.7 Å². The Kier molecular flexibility index (Phi) is 2.64. The number of nitrogens with zero attached hydrogens (tertiary/aromatic N) is 3. The highest BCUT2D eigenvalue weighted by Gasteiger charge is 2.33. The lowest BCUT2D eigenvalue weighted by atomic mass is 10.1. The molecule has 1 aliphatic heterocycles. The molecule has 1 saturated heterocycles. The molecule has 5 nitrogen and oxygen atoms in total. The maximum absolute atomic E-state index is 11.8. The number of aromatic nitrogens is 2. The summed E-state index contributed by atoms with van der Waals surface area (Å²) in [5, 5.41) is 0. The van der Waals surface area contributed by atoms with Gasteiger partial charge in [0.25, 0.3) is 0 Å². The van der Waals surface area contributed by atoms with Crippen LogP contribution in [0, 0.1) is 0 Å². The van der Waals surface area contributed by atoms with E-state index in [9.17, 15) is 8.42 Å². The van der Waals surface area contributed by atoms with E-state index in [2.05, 4.69) is 4.98 Å². The van der Waals surface area contributed by atoms with Crippen molar-refractivity contribution in [3.8, 4) is 0 Å². The fourth-order valence-corrected chi connectivity index (χ4v) is 3.81. The molecule has 0 radical (unpaired) electrons. The first kappa shape index (κ1) is 11.7. The van der Waals surface area contributed by atoms with Crippen LogP contribution in [-0.4, -0.2) is 34.9 Å². The minimum absolute atomic E-state index is 0.0714. The van der Waals surface area contributed by atoms with Gasteiger partial charge in [0, 0.05) is 24.6 Å². The summed E-state index contributed by atoms with van der Waals surface area (Å²) in [4.78, 5) is 4.23. The lowest BCUT2D eigenvalue weighted by Gasteiger charge is -2.23. The Morgan fingerprint density at radius 2 is 2.22 bits per heavy atom. The standard InChI is InChI=1S/C12H15N3O2S/c1-18(16,17)15-8-3-5-11(15)10-4-2-6-12-13-7-9-14(10)12/h2,4,6-7,9,11H,3,5,8H2,1H3/t11-/m1/s1. The molecule has 0 amide bonds. The van der Waals surface area contributed by atoms with Gasteiger partial charge in [-0.25, -0.2) is 13.4 Å². The van der Waals surface area contributed by atoms with Crippen molar-refractivity contribution in [3.05, 3.63) is 36.3 Å². The van der Waals surface area contributed by atoms with Crippen LogP contribution in [0.25, 0.3) is 5.65 Å². The molecule has 1 atom stereocenters. The lowest BCUT2D eigenvalue weighted by Crippen LogP contribution is -2.30. The molecular weight excluding hydrogens is 250 g/mol. The van der Waals surface area contributed by atoms with E-state index < -0.39 is 10.0 Å². The number of pyridine rings is 1. The van der Waals surface area contributed by atoms with E-state index in [0.717, 1.165) is 24.2 Å². The Labute approximate surface area is 106 Å². The van der Waals surface area contributed by atoms with Crippen LogP contribution in [0.1, 0.15) is 24.6 Å². The molecule has 3 heterocycles. The van der Waals surface area contributed by atoms with E-state index in [0.29, 0.717) is 6.54 Å². The topological polar surface area (TPSA) is 54.7 Å². The van der Waals surface area contributed by atoms with Crippen molar-refractivity contribution < 1.29 is 8.42 Å². The minimum Gasteiger partial charge on any atom is -0.302 e. The van der Waals surface area contributed by atoms with Crippen molar-refractivity contribution in [3.63, 3.8) is 0 Å². The predicted molar refractivity (Wildman–Crippen MR) is 68.7 cm³/mol. The molecule has 96 valence electrons. The average molecular weight is 265 g/mol. The SMILES string of the molecule is CS(=O)(=O)N1CCC[C@@H]1c1cccc2nccn12. The Morgan fingerprint density at radius 1 is 1.39 bits per heavy atom. The second kappa shape index (κ2) is 4.07. The molecule has 1 fully saturated rings. The molecule has 1 aliphatic rings. The van der Waals surface area contributed by atoms with Gasteiger partial charge in [-0.05, 0) is 25.0 Å². The Balaban J connectivity index is 2.12. The van der Waals surface area contributed by atoms with Crippen LogP contribution < -0.4 is 0 Å². The molecule has 0 saturated carbocycles. The van der Waals surface area contributed by atoms with Gasteiger partial charge in [0.15, 0.2) is 0 Å². The van der Waals surface area contributed by atoms with E-state index >= 15 is 0 Å². The third-order valence-corrected chi connectivity index (χ3v) is 4.72. The second-order valence-corrected chi connectivity index (χ2v) is 6.57. The molecular formula is C12H15N3O2S. The van der Waals surface area contributed by atoms with Gasteiger partial charge in [-0.1, -0.05) is 6.07 Å². The molecule has 0 bridgehead atoms. The zero-order valence-corrected chi connectivity index (χ0v) is 11.0. The average Bonchev–Trinajstić information content (AvgIpc) is 2.96. The van der Waals surface area contributed by atoms with Gasteiger partial charge in [0.05, 0.1) is 12.3 Å². The molecule has 2 aromatic heterocycles. The molecule has 3 rings (SSSR count). The zero-order valence-electron chi connectivity index (χ0n) is 10.2. The van der Waals surface area contributed by atoms with Gasteiger partial charge < -0.3 is 4.40 Å².